The number of rotatable bonds is 1. The van der Waals surface area contributed by atoms with Crippen LogP contribution in [0.2, 0.25) is 10.0 Å². The van der Waals surface area contributed by atoms with Crippen LogP contribution in [0.3, 0.4) is 0 Å². The van der Waals surface area contributed by atoms with Crippen LogP contribution in [0.4, 0.5) is 5.69 Å². The van der Waals surface area contributed by atoms with Crippen molar-refractivity contribution >= 4 is 34.6 Å². The van der Waals surface area contributed by atoms with Crippen molar-refractivity contribution in [3.05, 3.63) is 63.6 Å². The monoisotopic (exact) mass is 291 g/mol. The average Bonchev–Trinajstić information content (AvgIpc) is 2.64. The summed E-state index contributed by atoms with van der Waals surface area (Å²) in [5.74, 6) is 0. The number of halogens is 2. The van der Waals surface area contributed by atoms with Crippen molar-refractivity contribution in [2.24, 2.45) is 4.99 Å². The van der Waals surface area contributed by atoms with Crippen molar-refractivity contribution in [3.63, 3.8) is 0 Å². The molecule has 96 valence electrons. The van der Waals surface area contributed by atoms with Crippen LogP contribution in [0.15, 0.2) is 47.5 Å². The Kier molecular flexibility index (Phi) is 2.90. The van der Waals surface area contributed by atoms with E-state index in [2.05, 4.69) is 4.99 Å². The number of nitrogens with zero attached hydrogens (tertiary/aromatic N) is 1. The summed E-state index contributed by atoms with van der Waals surface area (Å²) in [6.45, 7) is 1.81. The maximum atomic E-state index is 11.1. The maximum absolute atomic E-state index is 11.1. The number of fused-ring (bicyclic) bond motifs is 1. The van der Waals surface area contributed by atoms with Gasteiger partial charge in [-0.25, -0.2) is 0 Å². The molecule has 0 saturated heterocycles. The summed E-state index contributed by atoms with van der Waals surface area (Å²) < 4.78 is 0. The lowest BCUT2D eigenvalue weighted by molar-refractivity contribution is 0.159. The van der Waals surface area contributed by atoms with Crippen LogP contribution in [-0.2, 0) is 5.60 Å². The van der Waals surface area contributed by atoms with Crippen LogP contribution in [0.1, 0.15) is 18.1 Å². The summed E-state index contributed by atoms with van der Waals surface area (Å²) in [5, 5.41) is 12.3. The number of hydrogen-bond donors (Lipinski definition) is 1. The fourth-order valence-electron chi connectivity index (χ4n) is 2.41. The standard InChI is InChI=1S/C15H11Cl2NO/c1-9-15(19,10-2-4-11(16)5-3-10)13-8-12(17)6-7-14(13)18-9/h2-8,19H,1H3. The Morgan fingerprint density at radius 2 is 1.63 bits per heavy atom. The van der Waals surface area contributed by atoms with E-state index in [1.54, 1.807) is 36.4 Å². The average molecular weight is 292 g/mol. The predicted octanol–water partition coefficient (Wildman–Crippen LogP) is 4.34. The van der Waals surface area contributed by atoms with E-state index in [0.717, 1.165) is 11.3 Å². The fourth-order valence-corrected chi connectivity index (χ4v) is 2.71. The highest BCUT2D eigenvalue weighted by atomic mass is 35.5. The van der Waals surface area contributed by atoms with Crippen molar-refractivity contribution in [2.75, 3.05) is 0 Å². The van der Waals surface area contributed by atoms with E-state index in [0.29, 0.717) is 21.3 Å². The second kappa shape index (κ2) is 4.34. The molecule has 1 aliphatic rings. The topological polar surface area (TPSA) is 32.6 Å². The Morgan fingerprint density at radius 1 is 1.00 bits per heavy atom. The second-order valence-electron chi connectivity index (χ2n) is 4.58. The molecule has 0 radical (unpaired) electrons. The van der Waals surface area contributed by atoms with Crippen LogP contribution in [0.5, 0.6) is 0 Å². The molecule has 19 heavy (non-hydrogen) atoms. The van der Waals surface area contributed by atoms with Crippen LogP contribution < -0.4 is 0 Å². The summed E-state index contributed by atoms with van der Waals surface area (Å²) in [7, 11) is 0. The van der Waals surface area contributed by atoms with Crippen LogP contribution in [0, 0.1) is 0 Å². The lowest BCUT2D eigenvalue weighted by Crippen LogP contribution is -2.32. The molecule has 2 aromatic rings. The molecule has 1 unspecified atom stereocenters. The minimum Gasteiger partial charge on any atom is -0.375 e. The van der Waals surface area contributed by atoms with Crippen LogP contribution >= 0.6 is 23.2 Å². The van der Waals surface area contributed by atoms with Gasteiger partial charge in [-0.05, 0) is 42.8 Å². The molecule has 1 aliphatic heterocycles. The minimum atomic E-state index is -1.23. The summed E-state index contributed by atoms with van der Waals surface area (Å²) in [6.07, 6.45) is 0. The number of benzene rings is 2. The Balaban J connectivity index is 2.22. The number of aliphatic hydroxyl groups is 1. The van der Waals surface area contributed by atoms with E-state index in [1.165, 1.54) is 0 Å². The summed E-state index contributed by atoms with van der Waals surface area (Å²) >= 11 is 11.9. The molecule has 0 aliphatic carbocycles. The minimum absolute atomic E-state index is 0.580. The van der Waals surface area contributed by atoms with E-state index >= 15 is 0 Å². The third-order valence-electron chi connectivity index (χ3n) is 3.42. The molecule has 0 bridgehead atoms. The molecule has 0 spiro atoms. The molecule has 4 heteroatoms. The molecular weight excluding hydrogens is 281 g/mol. The molecule has 1 heterocycles. The molecule has 2 aromatic carbocycles. The van der Waals surface area contributed by atoms with Crippen molar-refractivity contribution < 1.29 is 5.11 Å². The molecule has 0 saturated carbocycles. The highest BCUT2D eigenvalue weighted by Gasteiger charge is 2.41. The zero-order valence-corrected chi connectivity index (χ0v) is 11.7. The highest BCUT2D eigenvalue weighted by molar-refractivity contribution is 6.31. The summed E-state index contributed by atoms with van der Waals surface area (Å²) in [4.78, 5) is 4.42. The van der Waals surface area contributed by atoms with Gasteiger partial charge in [0.25, 0.3) is 0 Å². The van der Waals surface area contributed by atoms with Gasteiger partial charge in [0.05, 0.1) is 11.4 Å². The molecule has 1 N–H and O–H groups in total. The first-order valence-electron chi connectivity index (χ1n) is 5.86. The van der Waals surface area contributed by atoms with Gasteiger partial charge in [0.1, 0.15) is 0 Å². The summed E-state index contributed by atoms with van der Waals surface area (Å²) in [6, 6.07) is 12.5. The van der Waals surface area contributed by atoms with Crippen LogP contribution in [-0.4, -0.2) is 10.8 Å². The molecule has 2 nitrogen and oxygen atoms in total. The highest BCUT2D eigenvalue weighted by Crippen LogP contribution is 2.44. The van der Waals surface area contributed by atoms with Gasteiger partial charge in [0.2, 0.25) is 0 Å². The first kappa shape index (κ1) is 12.7. The lowest BCUT2D eigenvalue weighted by atomic mass is 9.84. The van der Waals surface area contributed by atoms with Gasteiger partial charge >= 0.3 is 0 Å². The Morgan fingerprint density at radius 3 is 2.32 bits per heavy atom. The molecule has 0 aromatic heterocycles. The van der Waals surface area contributed by atoms with Crippen molar-refractivity contribution in [1.82, 2.24) is 0 Å². The smallest absolute Gasteiger partial charge is 0.155 e. The zero-order valence-electron chi connectivity index (χ0n) is 10.2. The van der Waals surface area contributed by atoms with Crippen molar-refractivity contribution in [3.8, 4) is 0 Å². The van der Waals surface area contributed by atoms with Gasteiger partial charge < -0.3 is 5.11 Å². The number of hydrogen-bond acceptors (Lipinski definition) is 2. The SMILES string of the molecule is CC1=Nc2ccc(Cl)cc2C1(O)c1ccc(Cl)cc1. The van der Waals surface area contributed by atoms with E-state index in [-0.39, 0.29) is 0 Å². The van der Waals surface area contributed by atoms with Gasteiger partial charge in [-0.1, -0.05) is 35.3 Å². The van der Waals surface area contributed by atoms with Gasteiger partial charge in [-0.2, -0.15) is 0 Å². The zero-order chi connectivity index (χ0) is 13.6. The van der Waals surface area contributed by atoms with Crippen molar-refractivity contribution in [2.45, 2.75) is 12.5 Å². The molecule has 0 fully saturated rings. The van der Waals surface area contributed by atoms with Gasteiger partial charge in [0.15, 0.2) is 5.60 Å². The van der Waals surface area contributed by atoms with Crippen LogP contribution in [0.25, 0.3) is 0 Å². The quantitative estimate of drug-likeness (QED) is 0.833. The van der Waals surface area contributed by atoms with Crippen molar-refractivity contribution in [1.29, 1.82) is 0 Å². The lowest BCUT2D eigenvalue weighted by Gasteiger charge is -2.25. The summed E-state index contributed by atoms with van der Waals surface area (Å²) in [5.41, 5.74) is 1.59. The predicted molar refractivity (Wildman–Crippen MR) is 78.7 cm³/mol. The molecule has 1 atom stereocenters. The first-order valence-corrected chi connectivity index (χ1v) is 6.61. The third kappa shape index (κ3) is 1.88. The number of aliphatic imine (C=N–C) groups is 1. The molecular formula is C15H11Cl2NO. The molecule has 3 rings (SSSR count). The Hall–Kier alpha value is -1.35. The second-order valence-corrected chi connectivity index (χ2v) is 5.45. The van der Waals surface area contributed by atoms with E-state index in [9.17, 15) is 5.11 Å². The molecule has 0 amide bonds. The Bertz CT molecular complexity index is 679. The fraction of sp³-hybridized carbons (Fsp3) is 0.133. The Labute approximate surface area is 121 Å². The third-order valence-corrected chi connectivity index (χ3v) is 3.91. The van der Waals surface area contributed by atoms with E-state index in [4.69, 9.17) is 23.2 Å². The first-order chi connectivity index (χ1) is 9.01. The van der Waals surface area contributed by atoms with E-state index in [1.807, 2.05) is 13.0 Å². The van der Waals surface area contributed by atoms with E-state index < -0.39 is 5.60 Å². The normalized spacial score (nSPS) is 21.2. The maximum Gasteiger partial charge on any atom is 0.155 e. The van der Waals surface area contributed by atoms with Gasteiger partial charge in [-0.15, -0.1) is 0 Å². The van der Waals surface area contributed by atoms with Gasteiger partial charge in [-0.3, -0.25) is 4.99 Å². The van der Waals surface area contributed by atoms with Gasteiger partial charge in [0, 0.05) is 15.6 Å². The largest absolute Gasteiger partial charge is 0.375 e.